The molecule has 1 aromatic heterocycles. The summed E-state index contributed by atoms with van der Waals surface area (Å²) < 4.78 is 57.2. The van der Waals surface area contributed by atoms with Crippen LogP contribution in [0.1, 0.15) is 65.9 Å². The van der Waals surface area contributed by atoms with E-state index in [1.807, 2.05) is 39.5 Å². The van der Waals surface area contributed by atoms with Gasteiger partial charge in [0, 0.05) is 43.7 Å². The number of nitrogens with zero attached hydrogens (tertiary/aromatic N) is 5. The number of ether oxygens (including phenoxy) is 2. The van der Waals surface area contributed by atoms with Gasteiger partial charge in [0.1, 0.15) is 28.9 Å². The Balaban J connectivity index is 1.42. The molecule has 11 heteroatoms. The molecule has 0 aliphatic carbocycles. The van der Waals surface area contributed by atoms with Crippen LogP contribution in [-0.2, 0) is 11.2 Å². The van der Waals surface area contributed by atoms with Gasteiger partial charge in [-0.05, 0) is 58.8 Å². The van der Waals surface area contributed by atoms with Crippen LogP contribution in [0.15, 0.2) is 6.07 Å². The molecule has 4 aliphatic heterocycles. The van der Waals surface area contributed by atoms with Crippen molar-refractivity contribution in [2.45, 2.75) is 96.8 Å². The highest BCUT2D eigenvalue weighted by molar-refractivity contribution is 5.94. The van der Waals surface area contributed by atoms with Gasteiger partial charge in [-0.25, -0.2) is 18.0 Å². The number of carbonyl (C=O) groups is 1. The van der Waals surface area contributed by atoms with Gasteiger partial charge in [-0.2, -0.15) is 9.97 Å². The molecular weight excluding hydrogens is 535 g/mol. The third-order valence-corrected chi connectivity index (χ3v) is 9.13. The van der Waals surface area contributed by atoms with E-state index in [-0.39, 0.29) is 48.1 Å². The molecular formula is C30H40F3N5O3. The number of piperazine rings is 1. The Morgan fingerprint density at radius 3 is 2.63 bits per heavy atom. The molecule has 0 radical (unpaired) electrons. The summed E-state index contributed by atoms with van der Waals surface area (Å²) in [6, 6.07) is 0.507. The Hall–Kier alpha value is -2.82. The van der Waals surface area contributed by atoms with Crippen LogP contribution in [0.4, 0.5) is 23.8 Å². The highest BCUT2D eigenvalue weighted by Crippen LogP contribution is 2.42. The molecule has 0 saturated carbocycles. The van der Waals surface area contributed by atoms with Crippen molar-refractivity contribution in [2.24, 2.45) is 11.8 Å². The van der Waals surface area contributed by atoms with Crippen molar-refractivity contribution in [3.8, 4) is 6.01 Å². The number of fused-ring (bicyclic) bond motifs is 4. The fraction of sp³-hybridized carbons (Fsp3) is 0.700. The Bertz CT molecular complexity index is 1320. The average Bonchev–Trinajstić information content (AvgIpc) is 3.01. The molecule has 7 atom stereocenters. The number of halogens is 3. The number of piperidine rings is 2. The molecule has 3 saturated heterocycles. The highest BCUT2D eigenvalue weighted by Gasteiger charge is 2.44. The van der Waals surface area contributed by atoms with Crippen LogP contribution in [0.5, 0.6) is 6.01 Å². The van der Waals surface area contributed by atoms with E-state index in [9.17, 15) is 9.18 Å². The summed E-state index contributed by atoms with van der Waals surface area (Å²) in [5.41, 5.74) is -0.240. The monoisotopic (exact) mass is 575 g/mol. The second-order valence-corrected chi connectivity index (χ2v) is 13.2. The first-order valence-corrected chi connectivity index (χ1v) is 14.9. The predicted octanol–water partition coefficient (Wildman–Crippen LogP) is 5.46. The van der Waals surface area contributed by atoms with Crippen LogP contribution in [-0.4, -0.2) is 82.1 Å². The van der Waals surface area contributed by atoms with Crippen molar-refractivity contribution >= 4 is 22.8 Å². The molecule has 2 unspecified atom stereocenters. The van der Waals surface area contributed by atoms with Crippen molar-refractivity contribution in [2.75, 3.05) is 31.1 Å². The molecule has 0 spiro atoms. The first-order chi connectivity index (χ1) is 19.4. The third-order valence-electron chi connectivity index (χ3n) is 9.13. The van der Waals surface area contributed by atoms with Gasteiger partial charge >= 0.3 is 12.1 Å². The lowest BCUT2D eigenvalue weighted by molar-refractivity contribution is -0.0989. The van der Waals surface area contributed by atoms with E-state index in [0.29, 0.717) is 49.1 Å². The normalized spacial score (nSPS) is 31.5. The standard InChI is InChI=1S/C30H40F3N5O3/c1-6-19-14-38-23(15-37(19)29(39)41-30(3,4)5)16(2)10-20-21(32)12-22(33)25-24(20)26(38)35-28(34-25)40-27-17-8-7-9-36(27)13-18(31)11-17/h12,16-19,23,27H,6-11,13-15H2,1-5H3/t16-,17+,18+,19+,23+,27?/m0/s1. The molecule has 0 N–H and O–H groups in total. The third kappa shape index (κ3) is 5.19. The van der Waals surface area contributed by atoms with Crippen molar-refractivity contribution in [1.29, 1.82) is 0 Å². The summed E-state index contributed by atoms with van der Waals surface area (Å²) in [6.45, 7) is 11.4. The Morgan fingerprint density at radius 1 is 1.15 bits per heavy atom. The Kier molecular flexibility index (Phi) is 7.23. The summed E-state index contributed by atoms with van der Waals surface area (Å²) in [5.74, 6) is -1.06. The number of anilines is 1. The lowest BCUT2D eigenvalue weighted by Gasteiger charge is -2.48. The minimum Gasteiger partial charge on any atom is -0.444 e. The Morgan fingerprint density at radius 2 is 1.93 bits per heavy atom. The topological polar surface area (TPSA) is 71.0 Å². The van der Waals surface area contributed by atoms with E-state index in [2.05, 4.69) is 9.88 Å². The number of alkyl halides is 1. The zero-order chi connectivity index (χ0) is 29.2. The van der Waals surface area contributed by atoms with Crippen LogP contribution in [0.3, 0.4) is 0 Å². The maximum atomic E-state index is 15.4. The molecule has 2 aromatic rings. The average molecular weight is 576 g/mol. The minimum atomic E-state index is -0.903. The summed E-state index contributed by atoms with van der Waals surface area (Å²) in [4.78, 5) is 28.4. The molecule has 4 aliphatic rings. The molecule has 8 nitrogen and oxygen atoms in total. The minimum absolute atomic E-state index is 0.00540. The number of carbonyl (C=O) groups excluding carboxylic acids is 1. The van der Waals surface area contributed by atoms with Crippen molar-refractivity contribution in [3.05, 3.63) is 23.3 Å². The highest BCUT2D eigenvalue weighted by atomic mass is 19.1. The number of hydrogen-bond donors (Lipinski definition) is 0. The fourth-order valence-corrected chi connectivity index (χ4v) is 7.21. The quantitative estimate of drug-likeness (QED) is 0.481. The lowest BCUT2D eigenvalue weighted by atomic mass is 9.86. The molecule has 1 aromatic carbocycles. The van der Waals surface area contributed by atoms with Gasteiger partial charge in [-0.15, -0.1) is 0 Å². The molecule has 3 fully saturated rings. The van der Waals surface area contributed by atoms with E-state index in [4.69, 9.17) is 14.5 Å². The number of aromatic nitrogens is 2. The number of rotatable bonds is 3. The van der Waals surface area contributed by atoms with Gasteiger partial charge in [0.05, 0.1) is 17.5 Å². The number of hydrogen-bond acceptors (Lipinski definition) is 7. The SMILES string of the molecule is CC[C@@H]1CN2c3nc(OC4[C@@H]5CCCN4C[C@H](F)C5)nc4c(F)cc(F)c(c34)C[C@H](C)[C@H]2CN1C(=O)OC(C)(C)C. The second-order valence-electron chi connectivity index (χ2n) is 13.2. The molecule has 6 rings (SSSR count). The van der Waals surface area contributed by atoms with E-state index in [1.54, 1.807) is 4.90 Å². The molecule has 41 heavy (non-hydrogen) atoms. The Labute approximate surface area is 239 Å². The number of benzene rings is 1. The first-order valence-electron chi connectivity index (χ1n) is 14.9. The van der Waals surface area contributed by atoms with E-state index in [0.717, 1.165) is 25.5 Å². The molecule has 5 heterocycles. The maximum Gasteiger partial charge on any atom is 0.410 e. The largest absolute Gasteiger partial charge is 0.444 e. The van der Waals surface area contributed by atoms with Gasteiger partial charge < -0.3 is 19.3 Å². The smallest absolute Gasteiger partial charge is 0.410 e. The van der Waals surface area contributed by atoms with Crippen LogP contribution in [0, 0.1) is 23.5 Å². The summed E-state index contributed by atoms with van der Waals surface area (Å²) >= 11 is 0. The summed E-state index contributed by atoms with van der Waals surface area (Å²) in [5, 5.41) is 0.359. The van der Waals surface area contributed by atoms with E-state index in [1.165, 1.54) is 0 Å². The lowest BCUT2D eigenvalue weighted by Crippen LogP contribution is -2.62. The summed E-state index contributed by atoms with van der Waals surface area (Å²) in [6.07, 6.45) is 1.56. The molecule has 1 amide bonds. The van der Waals surface area contributed by atoms with Crippen LogP contribution in [0.25, 0.3) is 10.9 Å². The van der Waals surface area contributed by atoms with Crippen LogP contribution >= 0.6 is 0 Å². The molecule has 2 bridgehead atoms. The van der Waals surface area contributed by atoms with Gasteiger partial charge in [0.15, 0.2) is 12.0 Å². The van der Waals surface area contributed by atoms with E-state index >= 15 is 8.78 Å². The zero-order valence-electron chi connectivity index (χ0n) is 24.5. The maximum absolute atomic E-state index is 15.4. The van der Waals surface area contributed by atoms with Crippen molar-refractivity contribution in [1.82, 2.24) is 19.8 Å². The first kappa shape index (κ1) is 28.3. The van der Waals surface area contributed by atoms with Crippen molar-refractivity contribution < 1.29 is 27.4 Å². The van der Waals surface area contributed by atoms with Crippen LogP contribution < -0.4 is 9.64 Å². The second kappa shape index (κ2) is 10.5. The number of amides is 1. The predicted molar refractivity (Wildman–Crippen MR) is 149 cm³/mol. The summed E-state index contributed by atoms with van der Waals surface area (Å²) in [7, 11) is 0. The fourth-order valence-electron chi connectivity index (χ4n) is 7.21. The van der Waals surface area contributed by atoms with Gasteiger partial charge in [0.25, 0.3) is 0 Å². The van der Waals surface area contributed by atoms with Crippen LogP contribution in [0.2, 0.25) is 0 Å². The van der Waals surface area contributed by atoms with Crippen molar-refractivity contribution in [3.63, 3.8) is 0 Å². The van der Waals surface area contributed by atoms with Gasteiger partial charge in [0.2, 0.25) is 0 Å². The van der Waals surface area contributed by atoms with Gasteiger partial charge in [-0.3, -0.25) is 4.90 Å². The zero-order valence-corrected chi connectivity index (χ0v) is 24.5. The molecule has 224 valence electrons. The van der Waals surface area contributed by atoms with E-state index < -0.39 is 29.6 Å². The van der Waals surface area contributed by atoms with Gasteiger partial charge in [-0.1, -0.05) is 13.8 Å².